The molecule has 3 heteroatoms. The molecule has 0 spiro atoms. The second kappa shape index (κ2) is 6.35. The number of carbonyl (C=O) groups is 1. The average Bonchev–Trinajstić information content (AvgIpc) is 2.39. The van der Waals surface area contributed by atoms with Crippen LogP contribution >= 0.6 is 0 Å². The van der Waals surface area contributed by atoms with Crippen molar-refractivity contribution in [3.8, 4) is 11.1 Å². The zero-order chi connectivity index (χ0) is 14.5. The van der Waals surface area contributed by atoms with Gasteiger partial charge >= 0.3 is 0 Å². The Labute approximate surface area is 119 Å². The normalized spacial score (nSPS) is 10.8. The van der Waals surface area contributed by atoms with Crippen LogP contribution in [0, 0.1) is 0 Å². The lowest BCUT2D eigenvalue weighted by Crippen LogP contribution is -3.04. The highest BCUT2D eigenvalue weighted by Gasteiger charge is 2.05. The molecular formula is C17H19NO2. The Morgan fingerprint density at radius 2 is 1.70 bits per heavy atom. The standard InChI is InChI=1S/C17H19NO2/c1-18(2)12-13-7-9-14(10-8-13)16-6-4-3-5-15(16)11-17(19)20/h3-10H,11-12H2,1-2H3,(H,19,20). The topological polar surface area (TPSA) is 44.6 Å². The minimum Gasteiger partial charge on any atom is -0.550 e. The molecule has 0 radical (unpaired) electrons. The highest BCUT2D eigenvalue weighted by Crippen LogP contribution is 2.24. The molecule has 0 fully saturated rings. The van der Waals surface area contributed by atoms with Crippen molar-refractivity contribution in [3.63, 3.8) is 0 Å². The number of hydrogen-bond donors (Lipinski definition) is 1. The number of carbonyl (C=O) groups excluding carboxylic acids is 1. The Hall–Kier alpha value is -2.13. The molecule has 3 nitrogen and oxygen atoms in total. The van der Waals surface area contributed by atoms with Gasteiger partial charge in [0.05, 0.1) is 14.1 Å². The van der Waals surface area contributed by atoms with Crippen molar-refractivity contribution in [3.05, 3.63) is 59.7 Å². The molecule has 0 aliphatic rings. The maximum absolute atomic E-state index is 10.8. The van der Waals surface area contributed by atoms with E-state index in [2.05, 4.69) is 26.2 Å². The van der Waals surface area contributed by atoms with Crippen LogP contribution < -0.4 is 10.0 Å². The first-order valence-electron chi connectivity index (χ1n) is 6.72. The lowest BCUT2D eigenvalue weighted by Gasteiger charge is -2.12. The van der Waals surface area contributed by atoms with Gasteiger partial charge in [-0.3, -0.25) is 0 Å². The first-order valence-corrected chi connectivity index (χ1v) is 6.72. The number of carboxylic acids is 1. The Morgan fingerprint density at radius 3 is 2.30 bits per heavy atom. The number of benzene rings is 2. The quantitative estimate of drug-likeness (QED) is 0.848. The Kier molecular flexibility index (Phi) is 4.53. The summed E-state index contributed by atoms with van der Waals surface area (Å²) in [5.74, 6) is -1.05. The largest absolute Gasteiger partial charge is 0.550 e. The smallest absolute Gasteiger partial charge is 0.102 e. The molecule has 0 bridgehead atoms. The fourth-order valence-corrected chi connectivity index (χ4v) is 2.32. The number of quaternary nitrogens is 1. The molecule has 0 saturated carbocycles. The van der Waals surface area contributed by atoms with Gasteiger partial charge in [0.2, 0.25) is 0 Å². The van der Waals surface area contributed by atoms with Crippen molar-refractivity contribution in [1.82, 2.24) is 0 Å². The highest BCUT2D eigenvalue weighted by molar-refractivity contribution is 5.75. The van der Waals surface area contributed by atoms with Crippen LogP contribution in [0.15, 0.2) is 48.5 Å². The second-order valence-electron chi connectivity index (χ2n) is 5.29. The van der Waals surface area contributed by atoms with Gasteiger partial charge in [-0.05, 0) is 16.7 Å². The van der Waals surface area contributed by atoms with Gasteiger partial charge in [-0.15, -0.1) is 0 Å². The van der Waals surface area contributed by atoms with Gasteiger partial charge in [-0.1, -0.05) is 48.5 Å². The summed E-state index contributed by atoms with van der Waals surface area (Å²) in [7, 11) is 4.23. The predicted molar refractivity (Wildman–Crippen MR) is 77.1 cm³/mol. The predicted octanol–water partition coefficient (Wildman–Crippen LogP) is 0.291. The number of aliphatic carboxylic acids is 1. The van der Waals surface area contributed by atoms with Crippen LogP contribution in [0.2, 0.25) is 0 Å². The van der Waals surface area contributed by atoms with Crippen molar-refractivity contribution in [1.29, 1.82) is 0 Å². The molecular weight excluding hydrogens is 250 g/mol. The van der Waals surface area contributed by atoms with E-state index in [0.29, 0.717) is 0 Å². The molecule has 2 aromatic carbocycles. The summed E-state index contributed by atoms with van der Waals surface area (Å²) in [6.07, 6.45) is -0.0558. The number of hydrogen-bond acceptors (Lipinski definition) is 2. The van der Waals surface area contributed by atoms with Crippen LogP contribution in [0.1, 0.15) is 11.1 Å². The van der Waals surface area contributed by atoms with E-state index in [9.17, 15) is 9.90 Å². The van der Waals surface area contributed by atoms with E-state index >= 15 is 0 Å². The van der Waals surface area contributed by atoms with Crippen molar-refractivity contribution in [2.24, 2.45) is 0 Å². The maximum Gasteiger partial charge on any atom is 0.102 e. The molecule has 2 aromatic rings. The molecule has 0 atom stereocenters. The third-order valence-corrected chi connectivity index (χ3v) is 3.17. The van der Waals surface area contributed by atoms with E-state index in [1.165, 1.54) is 10.5 Å². The van der Waals surface area contributed by atoms with Gasteiger partial charge < -0.3 is 14.8 Å². The molecule has 0 saturated heterocycles. The fraction of sp³-hybridized carbons (Fsp3) is 0.235. The van der Waals surface area contributed by atoms with Gasteiger partial charge in [-0.25, -0.2) is 0 Å². The number of carboxylic acid groups (broad SMARTS) is 1. The monoisotopic (exact) mass is 269 g/mol. The van der Waals surface area contributed by atoms with E-state index < -0.39 is 5.97 Å². The van der Waals surface area contributed by atoms with E-state index in [1.54, 1.807) is 0 Å². The molecule has 0 amide bonds. The van der Waals surface area contributed by atoms with Crippen LogP contribution in [0.4, 0.5) is 0 Å². The summed E-state index contributed by atoms with van der Waals surface area (Å²) in [5, 5.41) is 10.8. The van der Waals surface area contributed by atoms with Crippen molar-refractivity contribution in [2.45, 2.75) is 13.0 Å². The van der Waals surface area contributed by atoms with Gasteiger partial charge in [0, 0.05) is 18.0 Å². The molecule has 104 valence electrons. The highest BCUT2D eigenvalue weighted by atomic mass is 16.4. The van der Waals surface area contributed by atoms with Crippen LogP contribution in [-0.4, -0.2) is 20.1 Å². The summed E-state index contributed by atoms with van der Waals surface area (Å²) >= 11 is 0. The molecule has 2 rings (SSSR count). The summed E-state index contributed by atoms with van der Waals surface area (Å²) in [6.45, 7) is 0.973. The molecule has 0 unspecified atom stereocenters. The summed E-state index contributed by atoms with van der Waals surface area (Å²) in [4.78, 5) is 12.2. The van der Waals surface area contributed by atoms with Crippen molar-refractivity contribution >= 4 is 5.97 Å². The first kappa shape index (κ1) is 14.3. The minimum atomic E-state index is -1.05. The van der Waals surface area contributed by atoms with Crippen LogP contribution in [0.5, 0.6) is 0 Å². The molecule has 0 aliphatic heterocycles. The Morgan fingerprint density at radius 1 is 1.05 bits per heavy atom. The van der Waals surface area contributed by atoms with Crippen molar-refractivity contribution < 1.29 is 14.8 Å². The third-order valence-electron chi connectivity index (χ3n) is 3.17. The molecule has 0 aliphatic carbocycles. The fourth-order valence-electron chi connectivity index (χ4n) is 2.32. The maximum atomic E-state index is 10.8. The lowest BCUT2D eigenvalue weighted by molar-refractivity contribution is -0.872. The summed E-state index contributed by atoms with van der Waals surface area (Å²) in [5.41, 5.74) is 4.06. The summed E-state index contributed by atoms with van der Waals surface area (Å²) in [6, 6.07) is 15.8. The Bertz CT molecular complexity index is 588. The van der Waals surface area contributed by atoms with Gasteiger partial charge in [0.25, 0.3) is 0 Å². The van der Waals surface area contributed by atoms with Crippen LogP contribution in [0.25, 0.3) is 11.1 Å². The third kappa shape index (κ3) is 3.68. The molecule has 0 heterocycles. The van der Waals surface area contributed by atoms with Gasteiger partial charge in [-0.2, -0.15) is 0 Å². The SMILES string of the molecule is C[NH+](C)Cc1ccc(-c2ccccc2CC(=O)[O-])cc1. The Balaban J connectivity index is 2.29. The second-order valence-corrected chi connectivity index (χ2v) is 5.29. The van der Waals surface area contributed by atoms with Crippen LogP contribution in [-0.2, 0) is 17.8 Å². The summed E-state index contributed by atoms with van der Waals surface area (Å²) < 4.78 is 0. The number of rotatable bonds is 5. The molecule has 20 heavy (non-hydrogen) atoms. The number of nitrogens with one attached hydrogen (secondary N) is 1. The average molecular weight is 269 g/mol. The molecule has 1 N–H and O–H groups in total. The van der Waals surface area contributed by atoms with Gasteiger partial charge in [0.15, 0.2) is 0 Å². The minimum absolute atomic E-state index is 0.0558. The van der Waals surface area contributed by atoms with E-state index in [1.807, 2.05) is 36.4 Å². The van der Waals surface area contributed by atoms with E-state index in [-0.39, 0.29) is 6.42 Å². The van der Waals surface area contributed by atoms with E-state index in [0.717, 1.165) is 23.2 Å². The zero-order valence-electron chi connectivity index (χ0n) is 11.8. The first-order chi connectivity index (χ1) is 9.56. The van der Waals surface area contributed by atoms with Crippen LogP contribution in [0.3, 0.4) is 0 Å². The van der Waals surface area contributed by atoms with E-state index in [4.69, 9.17) is 0 Å². The molecule has 0 aromatic heterocycles. The zero-order valence-corrected chi connectivity index (χ0v) is 11.8. The lowest BCUT2D eigenvalue weighted by atomic mass is 9.97. The van der Waals surface area contributed by atoms with Crippen molar-refractivity contribution in [2.75, 3.05) is 14.1 Å². The van der Waals surface area contributed by atoms with Gasteiger partial charge in [0.1, 0.15) is 6.54 Å².